The number of rotatable bonds is 9. The van der Waals surface area contributed by atoms with Gasteiger partial charge in [-0.2, -0.15) is 28.3 Å². The first-order valence-electron chi connectivity index (χ1n) is 11.4. The van der Waals surface area contributed by atoms with Gasteiger partial charge >= 0.3 is 12.2 Å². The zero-order valence-corrected chi connectivity index (χ0v) is 21.2. The number of hydrogen-bond acceptors (Lipinski definition) is 11. The first-order valence-corrected chi connectivity index (χ1v) is 12.2. The largest absolute Gasteiger partial charge is 0.495 e. The number of methoxy groups -OCH3 is 3. The molecule has 198 valence electrons. The van der Waals surface area contributed by atoms with Gasteiger partial charge in [0.05, 0.1) is 51.3 Å². The molecule has 4 rings (SSSR count). The topological polar surface area (TPSA) is 114 Å². The number of aliphatic hydroxyl groups is 1. The van der Waals surface area contributed by atoms with Gasteiger partial charge in [0.25, 0.3) is 5.88 Å². The number of azo groups is 1. The summed E-state index contributed by atoms with van der Waals surface area (Å²) in [6.07, 6.45) is -4.38. The van der Waals surface area contributed by atoms with Crippen LogP contribution >= 0.6 is 11.3 Å². The molecule has 1 unspecified atom stereocenters. The molecular formula is C22H29F3N6O4S. The number of fused-ring (bicyclic) bond motifs is 1. The number of hydrogen-bond donors (Lipinski definition) is 2. The number of thiophene rings is 1. The van der Waals surface area contributed by atoms with Gasteiger partial charge in [0, 0.05) is 30.9 Å². The van der Waals surface area contributed by atoms with Gasteiger partial charge in [0.2, 0.25) is 0 Å². The van der Waals surface area contributed by atoms with Crippen LogP contribution < -0.4 is 15.0 Å². The average molecular weight is 531 g/mol. The second kappa shape index (κ2) is 10.7. The highest BCUT2D eigenvalue weighted by Crippen LogP contribution is 2.37. The molecule has 1 aliphatic carbocycles. The summed E-state index contributed by atoms with van der Waals surface area (Å²) >= 11 is 0.962. The first kappa shape index (κ1) is 26.4. The molecule has 36 heavy (non-hydrogen) atoms. The third-order valence-electron chi connectivity index (χ3n) is 6.34. The van der Waals surface area contributed by atoms with Crippen molar-refractivity contribution >= 4 is 27.4 Å². The Bertz CT molecular complexity index is 1140. The molecule has 14 heteroatoms. The van der Waals surface area contributed by atoms with E-state index in [-0.39, 0.29) is 29.0 Å². The van der Waals surface area contributed by atoms with E-state index in [1.807, 2.05) is 0 Å². The molecule has 2 aromatic rings. The molecule has 1 aliphatic heterocycles. The van der Waals surface area contributed by atoms with E-state index < -0.39 is 18.7 Å². The number of likely N-dealkylation sites (N-methyl/N-ethyl adjacent to an activating group) is 1. The Kier molecular flexibility index (Phi) is 7.85. The Morgan fingerprint density at radius 2 is 1.94 bits per heavy atom. The lowest BCUT2D eigenvalue weighted by Gasteiger charge is -2.28. The van der Waals surface area contributed by atoms with Crippen LogP contribution in [0.1, 0.15) is 24.1 Å². The van der Waals surface area contributed by atoms with Crippen molar-refractivity contribution in [2.24, 2.45) is 10.2 Å². The van der Waals surface area contributed by atoms with Crippen molar-refractivity contribution < 1.29 is 32.5 Å². The maximum absolute atomic E-state index is 13.0. The van der Waals surface area contributed by atoms with Crippen molar-refractivity contribution in [3.63, 3.8) is 0 Å². The van der Waals surface area contributed by atoms with Gasteiger partial charge in [-0.1, -0.05) is 0 Å². The van der Waals surface area contributed by atoms with Crippen molar-refractivity contribution in [2.45, 2.75) is 56.1 Å². The van der Waals surface area contributed by atoms with E-state index in [1.54, 1.807) is 19.1 Å². The van der Waals surface area contributed by atoms with Crippen LogP contribution in [0.5, 0.6) is 6.01 Å². The summed E-state index contributed by atoms with van der Waals surface area (Å²) in [6.45, 7) is 0.540. The van der Waals surface area contributed by atoms with E-state index in [0.717, 1.165) is 11.3 Å². The minimum Gasteiger partial charge on any atom is -0.495 e. The zero-order valence-electron chi connectivity index (χ0n) is 20.4. The van der Waals surface area contributed by atoms with E-state index in [9.17, 15) is 18.3 Å². The van der Waals surface area contributed by atoms with Crippen LogP contribution in [-0.2, 0) is 15.9 Å². The number of anilines is 1. The van der Waals surface area contributed by atoms with Gasteiger partial charge in [-0.25, -0.2) is 0 Å². The Hall–Kier alpha value is -2.71. The number of aromatic nitrogens is 2. The summed E-state index contributed by atoms with van der Waals surface area (Å²) in [6, 6.07) is 1.10. The number of alkyl halides is 3. The van der Waals surface area contributed by atoms with Gasteiger partial charge in [-0.15, -0.1) is 16.5 Å². The molecule has 0 spiro atoms. The molecule has 0 bridgehead atoms. The predicted octanol–water partition coefficient (Wildman–Crippen LogP) is 3.41. The Morgan fingerprint density at radius 1 is 1.17 bits per heavy atom. The molecule has 0 aromatic carbocycles. The fourth-order valence-electron chi connectivity index (χ4n) is 4.59. The Balaban J connectivity index is 1.46. The molecule has 1 fully saturated rings. The van der Waals surface area contributed by atoms with Crippen LogP contribution in [0.4, 0.5) is 19.0 Å². The molecule has 10 nitrogen and oxygen atoms in total. The summed E-state index contributed by atoms with van der Waals surface area (Å²) in [7, 11) is 6.25. The molecule has 2 aromatic heterocycles. The quantitative estimate of drug-likeness (QED) is 0.507. The molecule has 0 radical (unpaired) electrons. The number of aliphatic hydroxyl groups excluding tert-OH is 1. The fraction of sp³-hybridized carbons (Fsp3) is 0.636. The number of halogens is 3. The van der Waals surface area contributed by atoms with Crippen LogP contribution in [0.3, 0.4) is 0 Å². The Morgan fingerprint density at radius 3 is 2.61 bits per heavy atom. The molecular weight excluding hydrogens is 501 g/mol. The lowest BCUT2D eigenvalue weighted by atomic mass is 10.1. The minimum absolute atomic E-state index is 0.00364. The summed E-state index contributed by atoms with van der Waals surface area (Å²) < 4.78 is 54.6. The van der Waals surface area contributed by atoms with Gasteiger partial charge < -0.3 is 29.5 Å². The van der Waals surface area contributed by atoms with Crippen LogP contribution in [0.2, 0.25) is 0 Å². The SMILES string of the molecule is COC1=C(OC)N=NC(CN[C@H]2C[C@@H](O)[C@@H](N(C)c3nc(OC)nc4sc(CC(F)(F)F)cc34)C2)C1. The third kappa shape index (κ3) is 5.81. The van der Waals surface area contributed by atoms with Crippen LogP contribution in [-0.4, -0.2) is 80.4 Å². The van der Waals surface area contributed by atoms with Crippen molar-refractivity contribution in [1.82, 2.24) is 15.3 Å². The molecule has 2 N–H and O–H groups in total. The molecule has 0 saturated heterocycles. The number of ether oxygens (including phenoxy) is 3. The summed E-state index contributed by atoms with van der Waals surface area (Å²) in [5.41, 5.74) is 0. The van der Waals surface area contributed by atoms with Gasteiger partial charge in [-0.3, -0.25) is 0 Å². The molecule has 1 saturated carbocycles. The first-order chi connectivity index (χ1) is 17.1. The standard InChI is InChI=1S/C22H29F3N6O4S/c1-31(18-14-8-13(9-22(23,24)25)36-20(14)28-21(27-18)35-4)15-5-11(6-16(15)32)26-10-12-7-17(33-2)19(34-3)30-29-12/h8,11-12,15-16,26,32H,5-7,9-10H2,1-4H3/t11-,12?,15+,16-/m1/s1. The van der Waals surface area contributed by atoms with E-state index in [2.05, 4.69) is 25.5 Å². The second-order valence-corrected chi connectivity index (χ2v) is 9.90. The van der Waals surface area contributed by atoms with Crippen LogP contribution in [0.25, 0.3) is 10.2 Å². The van der Waals surface area contributed by atoms with Crippen LogP contribution in [0.15, 0.2) is 27.9 Å². The second-order valence-electron chi connectivity index (χ2n) is 8.79. The van der Waals surface area contributed by atoms with E-state index in [4.69, 9.17) is 14.2 Å². The summed E-state index contributed by atoms with van der Waals surface area (Å²) in [4.78, 5) is 11.0. The predicted molar refractivity (Wildman–Crippen MR) is 127 cm³/mol. The molecule has 0 amide bonds. The van der Waals surface area contributed by atoms with Gasteiger partial charge in [0.1, 0.15) is 10.6 Å². The lowest BCUT2D eigenvalue weighted by Crippen LogP contribution is -2.39. The summed E-state index contributed by atoms with van der Waals surface area (Å²) in [5, 5.41) is 23.1. The van der Waals surface area contributed by atoms with Crippen molar-refractivity contribution in [3.8, 4) is 6.01 Å². The highest BCUT2D eigenvalue weighted by Gasteiger charge is 2.37. The smallest absolute Gasteiger partial charge is 0.393 e. The van der Waals surface area contributed by atoms with Crippen molar-refractivity contribution in [1.29, 1.82) is 0 Å². The highest BCUT2D eigenvalue weighted by atomic mass is 32.1. The third-order valence-corrected chi connectivity index (χ3v) is 7.37. The Labute approximate surface area is 210 Å². The average Bonchev–Trinajstić information content (AvgIpc) is 3.42. The van der Waals surface area contributed by atoms with E-state index in [0.29, 0.717) is 53.5 Å². The van der Waals surface area contributed by atoms with Crippen molar-refractivity contribution in [2.75, 3.05) is 39.8 Å². The van der Waals surface area contributed by atoms with E-state index in [1.165, 1.54) is 20.3 Å². The van der Waals surface area contributed by atoms with Crippen molar-refractivity contribution in [3.05, 3.63) is 22.6 Å². The highest BCUT2D eigenvalue weighted by molar-refractivity contribution is 7.18. The summed E-state index contributed by atoms with van der Waals surface area (Å²) in [5.74, 6) is 1.42. The monoisotopic (exact) mass is 530 g/mol. The van der Waals surface area contributed by atoms with Crippen LogP contribution in [0, 0.1) is 0 Å². The zero-order chi connectivity index (χ0) is 26.0. The normalized spacial score (nSPS) is 24.4. The minimum atomic E-state index is -4.33. The molecule has 4 atom stereocenters. The lowest BCUT2D eigenvalue weighted by molar-refractivity contribution is -0.126. The molecule has 3 heterocycles. The number of nitrogens with one attached hydrogen (secondary N) is 1. The van der Waals surface area contributed by atoms with Gasteiger partial charge in [0.15, 0.2) is 5.76 Å². The van der Waals surface area contributed by atoms with E-state index >= 15 is 0 Å². The molecule has 2 aliphatic rings. The fourth-order valence-corrected chi connectivity index (χ4v) is 5.63. The maximum Gasteiger partial charge on any atom is 0.393 e. The maximum atomic E-state index is 13.0. The number of nitrogens with zero attached hydrogens (tertiary/aromatic N) is 5. The van der Waals surface area contributed by atoms with Gasteiger partial charge in [-0.05, 0) is 18.9 Å².